The summed E-state index contributed by atoms with van der Waals surface area (Å²) in [5.41, 5.74) is 1.45. The van der Waals surface area contributed by atoms with Crippen LogP contribution in [-0.2, 0) is 0 Å². The van der Waals surface area contributed by atoms with Gasteiger partial charge in [0.15, 0.2) is 12.2 Å². The Bertz CT molecular complexity index is 612. The van der Waals surface area contributed by atoms with Gasteiger partial charge in [-0.05, 0) is 19.1 Å². The zero-order valence-corrected chi connectivity index (χ0v) is 11.4. The molecule has 20 heavy (non-hydrogen) atoms. The molecule has 0 N–H and O–H groups in total. The third kappa shape index (κ3) is 3.04. The highest BCUT2D eigenvalue weighted by Gasteiger charge is 2.14. The van der Waals surface area contributed by atoms with Crippen molar-refractivity contribution in [1.82, 2.24) is 9.88 Å². The third-order valence-electron chi connectivity index (χ3n) is 2.96. The van der Waals surface area contributed by atoms with Crippen molar-refractivity contribution < 1.29 is 9.21 Å². The van der Waals surface area contributed by atoms with Crippen LogP contribution in [0.4, 0.5) is 0 Å². The molecule has 2 aromatic rings. The van der Waals surface area contributed by atoms with Gasteiger partial charge in [0.1, 0.15) is 0 Å². The monoisotopic (exact) mass is 269 g/mol. The fraction of sp³-hybridized carbons (Fsp3) is 0.267. The lowest BCUT2D eigenvalue weighted by molar-refractivity contribution is 0.0785. The van der Waals surface area contributed by atoms with E-state index in [2.05, 4.69) is 11.1 Å². The maximum Gasteiger partial charge on any atom is 0.253 e. The number of benzene rings is 1. The molecular formula is C15H15N3O2. The average molecular weight is 269 g/mol. The maximum absolute atomic E-state index is 12.2. The van der Waals surface area contributed by atoms with Crippen LogP contribution in [0.25, 0.3) is 11.3 Å². The highest BCUT2D eigenvalue weighted by Crippen LogP contribution is 2.19. The van der Waals surface area contributed by atoms with Crippen LogP contribution in [0.3, 0.4) is 0 Å². The summed E-state index contributed by atoms with van der Waals surface area (Å²) in [4.78, 5) is 17.6. The average Bonchev–Trinajstić information content (AvgIpc) is 3.00. The Hall–Kier alpha value is -2.61. The molecule has 1 amide bonds. The van der Waals surface area contributed by atoms with Crippen molar-refractivity contribution in [3.05, 3.63) is 42.4 Å². The molecule has 1 aromatic carbocycles. The Morgan fingerprint density at radius 2 is 2.15 bits per heavy atom. The first-order valence-corrected chi connectivity index (χ1v) is 6.26. The number of amides is 1. The summed E-state index contributed by atoms with van der Waals surface area (Å²) in [6.45, 7) is 2.20. The predicted octanol–water partition coefficient (Wildman–Crippen LogP) is 2.57. The van der Waals surface area contributed by atoms with E-state index >= 15 is 0 Å². The summed E-state index contributed by atoms with van der Waals surface area (Å²) in [7, 11) is 1.69. The molecule has 0 aliphatic rings. The van der Waals surface area contributed by atoms with Gasteiger partial charge in [0.05, 0.1) is 18.2 Å². The molecule has 1 atom stereocenters. The summed E-state index contributed by atoms with van der Waals surface area (Å²) in [6.07, 6.45) is 2.99. The zero-order valence-electron chi connectivity index (χ0n) is 11.4. The van der Waals surface area contributed by atoms with E-state index in [1.807, 2.05) is 12.1 Å². The largest absolute Gasteiger partial charge is 0.444 e. The lowest BCUT2D eigenvalue weighted by Gasteiger charge is -2.18. The van der Waals surface area contributed by atoms with Crippen molar-refractivity contribution in [2.45, 2.75) is 6.92 Å². The van der Waals surface area contributed by atoms with E-state index in [1.54, 1.807) is 37.2 Å². The van der Waals surface area contributed by atoms with Crippen LogP contribution in [0.15, 0.2) is 41.3 Å². The van der Waals surface area contributed by atoms with Gasteiger partial charge in [-0.3, -0.25) is 4.79 Å². The van der Waals surface area contributed by atoms with Gasteiger partial charge in [-0.25, -0.2) is 4.98 Å². The van der Waals surface area contributed by atoms with Crippen LogP contribution in [-0.4, -0.2) is 29.4 Å². The maximum atomic E-state index is 12.2. The zero-order chi connectivity index (χ0) is 14.5. The van der Waals surface area contributed by atoms with Crippen LogP contribution in [0.1, 0.15) is 17.3 Å². The Kier molecular flexibility index (Phi) is 4.16. The van der Waals surface area contributed by atoms with Crippen LogP contribution in [0.5, 0.6) is 0 Å². The lowest BCUT2D eigenvalue weighted by Crippen LogP contribution is -2.30. The number of carbonyl (C=O) groups excluding carboxylic acids is 1. The molecule has 2 rings (SSSR count). The van der Waals surface area contributed by atoms with Crippen molar-refractivity contribution in [2.24, 2.45) is 5.92 Å². The highest BCUT2D eigenvalue weighted by molar-refractivity contribution is 5.94. The van der Waals surface area contributed by atoms with E-state index in [9.17, 15) is 4.79 Å². The van der Waals surface area contributed by atoms with Crippen molar-refractivity contribution >= 4 is 5.91 Å². The fourth-order valence-corrected chi connectivity index (χ4v) is 1.89. The number of rotatable bonds is 4. The number of aromatic nitrogens is 1. The molecule has 0 saturated heterocycles. The second kappa shape index (κ2) is 6.02. The van der Waals surface area contributed by atoms with Crippen molar-refractivity contribution in [3.8, 4) is 17.4 Å². The van der Waals surface area contributed by atoms with E-state index in [4.69, 9.17) is 9.68 Å². The molecule has 0 spiro atoms. The van der Waals surface area contributed by atoms with Crippen LogP contribution >= 0.6 is 0 Å². The van der Waals surface area contributed by atoms with Gasteiger partial charge < -0.3 is 9.32 Å². The molecule has 0 aliphatic heterocycles. The Morgan fingerprint density at radius 3 is 2.70 bits per heavy atom. The number of oxazole rings is 1. The minimum absolute atomic E-state index is 0.101. The Labute approximate surface area is 117 Å². The van der Waals surface area contributed by atoms with E-state index in [0.29, 0.717) is 17.9 Å². The van der Waals surface area contributed by atoms with Gasteiger partial charge in [-0.1, -0.05) is 12.1 Å². The SMILES string of the molecule is C[C@H](C#N)CN(C)C(=O)c1ccc(-c2cnco2)cc1. The number of hydrogen-bond acceptors (Lipinski definition) is 4. The van der Waals surface area contributed by atoms with Gasteiger partial charge >= 0.3 is 0 Å². The van der Waals surface area contributed by atoms with Gasteiger partial charge in [-0.2, -0.15) is 5.26 Å². The molecule has 1 aromatic heterocycles. The van der Waals surface area contributed by atoms with Crippen LogP contribution in [0, 0.1) is 17.2 Å². The van der Waals surface area contributed by atoms with Crippen LogP contribution < -0.4 is 0 Å². The second-order valence-corrected chi connectivity index (χ2v) is 4.66. The smallest absolute Gasteiger partial charge is 0.253 e. The van der Waals surface area contributed by atoms with E-state index < -0.39 is 0 Å². The minimum Gasteiger partial charge on any atom is -0.444 e. The first-order valence-electron chi connectivity index (χ1n) is 6.26. The minimum atomic E-state index is -0.183. The third-order valence-corrected chi connectivity index (χ3v) is 2.96. The quantitative estimate of drug-likeness (QED) is 0.855. The summed E-state index contributed by atoms with van der Waals surface area (Å²) in [6, 6.07) is 9.23. The first-order chi connectivity index (χ1) is 9.61. The molecule has 5 heteroatoms. The molecule has 0 radical (unpaired) electrons. The normalized spacial score (nSPS) is 11.7. The summed E-state index contributed by atoms with van der Waals surface area (Å²) < 4.78 is 5.19. The van der Waals surface area contributed by atoms with E-state index in [1.165, 1.54) is 6.39 Å². The van der Waals surface area contributed by atoms with E-state index in [0.717, 1.165) is 5.56 Å². The molecule has 0 fully saturated rings. The van der Waals surface area contributed by atoms with Gasteiger partial charge in [0.2, 0.25) is 0 Å². The molecule has 0 aliphatic carbocycles. The molecule has 0 bridgehead atoms. The standard InChI is InChI=1S/C15H15N3O2/c1-11(7-16)9-18(2)15(19)13-5-3-12(4-6-13)14-8-17-10-20-14/h3-6,8,10-11H,9H2,1-2H3/t11-/m1/s1. The summed E-state index contributed by atoms with van der Waals surface area (Å²) in [5.74, 6) is 0.379. The van der Waals surface area contributed by atoms with Crippen molar-refractivity contribution in [2.75, 3.05) is 13.6 Å². The molecular weight excluding hydrogens is 254 g/mol. The number of hydrogen-bond donors (Lipinski definition) is 0. The Morgan fingerprint density at radius 1 is 1.45 bits per heavy atom. The summed E-state index contributed by atoms with van der Waals surface area (Å²) in [5, 5.41) is 8.77. The molecule has 0 saturated carbocycles. The fourth-order valence-electron chi connectivity index (χ4n) is 1.89. The first kappa shape index (κ1) is 13.8. The number of nitriles is 1. The van der Waals surface area contributed by atoms with Gasteiger partial charge in [0, 0.05) is 24.7 Å². The van der Waals surface area contributed by atoms with Crippen molar-refractivity contribution in [1.29, 1.82) is 5.26 Å². The lowest BCUT2D eigenvalue weighted by atomic mass is 10.1. The predicted molar refractivity (Wildman–Crippen MR) is 73.7 cm³/mol. The molecule has 5 nitrogen and oxygen atoms in total. The van der Waals surface area contributed by atoms with E-state index in [-0.39, 0.29) is 11.8 Å². The van der Waals surface area contributed by atoms with Gasteiger partial charge in [0.25, 0.3) is 5.91 Å². The van der Waals surface area contributed by atoms with Crippen LogP contribution in [0.2, 0.25) is 0 Å². The topological polar surface area (TPSA) is 70.1 Å². The number of nitrogens with zero attached hydrogens (tertiary/aromatic N) is 3. The molecule has 1 heterocycles. The molecule has 102 valence electrons. The highest BCUT2D eigenvalue weighted by atomic mass is 16.3. The van der Waals surface area contributed by atoms with Gasteiger partial charge in [-0.15, -0.1) is 0 Å². The second-order valence-electron chi connectivity index (χ2n) is 4.66. The molecule has 0 unspecified atom stereocenters. The summed E-state index contributed by atoms with van der Waals surface area (Å²) >= 11 is 0. The number of carbonyl (C=O) groups is 1. The van der Waals surface area contributed by atoms with Crippen molar-refractivity contribution in [3.63, 3.8) is 0 Å². The Balaban J connectivity index is 2.10.